The molecule has 2 rings (SSSR count). The Balaban J connectivity index is 1.99. The van der Waals surface area contributed by atoms with Crippen molar-refractivity contribution in [1.29, 1.82) is 0 Å². The average molecular weight is 346 g/mol. The maximum atomic E-state index is 12.2. The lowest BCUT2D eigenvalue weighted by atomic mass is 10.2. The molecule has 1 heterocycles. The molecular weight excluding hydrogens is 330 g/mol. The summed E-state index contributed by atoms with van der Waals surface area (Å²) in [5, 5.41) is 1.34. The van der Waals surface area contributed by atoms with E-state index >= 15 is 0 Å². The molecule has 0 aliphatic heterocycles. The Kier molecular flexibility index (Phi) is 5.55. The summed E-state index contributed by atoms with van der Waals surface area (Å²) in [6.07, 6.45) is 0. The molecule has 0 aliphatic carbocycles. The molecule has 1 aromatic heterocycles. The normalized spacial score (nSPS) is 12.2. The molecule has 0 amide bonds. The minimum absolute atomic E-state index is 0.341. The first-order chi connectivity index (χ1) is 9.99. The standard InChI is InChI=1S/C13H16ClN3O2S2/c1-17(2)13-15-12(16-20-13)8-21(18)7-9-4-5-11(19-3)10(14)6-9/h4-6H,7-8H2,1-3H3. The third-order valence-electron chi connectivity index (χ3n) is 2.67. The molecule has 1 aromatic carbocycles. The average Bonchev–Trinajstić information content (AvgIpc) is 2.87. The van der Waals surface area contributed by atoms with Gasteiger partial charge in [0.05, 0.1) is 17.9 Å². The highest BCUT2D eigenvalue weighted by Gasteiger charge is 2.11. The first-order valence-corrected chi connectivity index (χ1v) is 8.81. The van der Waals surface area contributed by atoms with E-state index in [2.05, 4.69) is 9.36 Å². The molecule has 8 heteroatoms. The van der Waals surface area contributed by atoms with Crippen LogP contribution in [-0.2, 0) is 22.3 Å². The summed E-state index contributed by atoms with van der Waals surface area (Å²) in [6, 6.07) is 5.42. The summed E-state index contributed by atoms with van der Waals surface area (Å²) in [4.78, 5) is 6.21. The number of nitrogens with zero attached hydrogens (tertiary/aromatic N) is 3. The summed E-state index contributed by atoms with van der Waals surface area (Å²) in [5.41, 5.74) is 0.905. The maximum absolute atomic E-state index is 12.2. The van der Waals surface area contributed by atoms with Gasteiger partial charge in [0.2, 0.25) is 5.13 Å². The Labute approximate surface area is 135 Å². The molecule has 0 aliphatic rings. The predicted octanol–water partition coefficient (Wildman–Crippen LogP) is 2.72. The van der Waals surface area contributed by atoms with Gasteiger partial charge >= 0.3 is 0 Å². The molecule has 114 valence electrons. The second-order valence-electron chi connectivity index (χ2n) is 4.59. The van der Waals surface area contributed by atoms with Gasteiger partial charge in [-0.05, 0) is 17.7 Å². The van der Waals surface area contributed by atoms with Crippen LogP contribution in [0.15, 0.2) is 18.2 Å². The largest absolute Gasteiger partial charge is 0.495 e. The van der Waals surface area contributed by atoms with Crippen molar-refractivity contribution in [2.75, 3.05) is 26.1 Å². The van der Waals surface area contributed by atoms with Crippen molar-refractivity contribution in [2.24, 2.45) is 0 Å². The second-order valence-corrected chi connectivity index (χ2v) is 7.18. The maximum Gasteiger partial charge on any atom is 0.204 e. The van der Waals surface area contributed by atoms with Crippen LogP contribution < -0.4 is 9.64 Å². The summed E-state index contributed by atoms with van der Waals surface area (Å²) < 4.78 is 21.5. The van der Waals surface area contributed by atoms with Crippen LogP contribution in [0.1, 0.15) is 11.4 Å². The molecule has 0 saturated heterocycles. The number of benzene rings is 1. The third-order valence-corrected chi connectivity index (χ3v) is 5.13. The monoisotopic (exact) mass is 345 g/mol. The van der Waals surface area contributed by atoms with Crippen molar-refractivity contribution < 1.29 is 8.95 Å². The van der Waals surface area contributed by atoms with Crippen molar-refractivity contribution >= 4 is 39.1 Å². The summed E-state index contributed by atoms with van der Waals surface area (Å²) in [6.45, 7) is 0. The number of ether oxygens (including phenoxy) is 1. The first kappa shape index (κ1) is 16.2. The molecule has 21 heavy (non-hydrogen) atoms. The Morgan fingerprint density at radius 2 is 2.14 bits per heavy atom. The van der Waals surface area contributed by atoms with Gasteiger partial charge in [0.1, 0.15) is 5.75 Å². The second kappa shape index (κ2) is 7.20. The van der Waals surface area contributed by atoms with E-state index < -0.39 is 10.8 Å². The quantitative estimate of drug-likeness (QED) is 0.805. The molecular formula is C13H16ClN3O2S2. The fourth-order valence-corrected chi connectivity index (χ4v) is 3.70. The molecule has 0 N–H and O–H groups in total. The highest BCUT2D eigenvalue weighted by Crippen LogP contribution is 2.25. The van der Waals surface area contributed by atoms with E-state index in [1.54, 1.807) is 19.2 Å². The van der Waals surface area contributed by atoms with E-state index in [1.807, 2.05) is 25.1 Å². The number of hydrogen-bond donors (Lipinski definition) is 0. The van der Waals surface area contributed by atoms with Gasteiger partial charge in [-0.1, -0.05) is 17.7 Å². The van der Waals surface area contributed by atoms with Crippen LogP contribution in [0.3, 0.4) is 0 Å². The predicted molar refractivity (Wildman–Crippen MR) is 87.8 cm³/mol. The molecule has 1 atom stereocenters. The number of aromatic nitrogens is 2. The van der Waals surface area contributed by atoms with Gasteiger partial charge in [-0.3, -0.25) is 4.21 Å². The van der Waals surface area contributed by atoms with E-state index in [4.69, 9.17) is 16.3 Å². The molecule has 2 aromatic rings. The van der Waals surface area contributed by atoms with Crippen LogP contribution in [0.2, 0.25) is 5.02 Å². The highest BCUT2D eigenvalue weighted by atomic mass is 35.5. The van der Waals surface area contributed by atoms with Crippen molar-refractivity contribution in [2.45, 2.75) is 11.5 Å². The fourth-order valence-electron chi connectivity index (χ4n) is 1.67. The Hall–Kier alpha value is -1.18. The molecule has 0 saturated carbocycles. The third kappa shape index (κ3) is 4.39. The zero-order valence-corrected chi connectivity index (χ0v) is 14.4. The fraction of sp³-hybridized carbons (Fsp3) is 0.385. The van der Waals surface area contributed by atoms with Gasteiger partial charge in [0.15, 0.2) is 5.82 Å². The van der Waals surface area contributed by atoms with Crippen molar-refractivity contribution in [1.82, 2.24) is 9.36 Å². The van der Waals surface area contributed by atoms with Gasteiger partial charge in [0.25, 0.3) is 0 Å². The van der Waals surface area contributed by atoms with Gasteiger partial charge in [-0.2, -0.15) is 4.37 Å². The number of halogens is 1. The molecule has 1 unspecified atom stereocenters. The number of hydrogen-bond acceptors (Lipinski definition) is 6. The van der Waals surface area contributed by atoms with Crippen LogP contribution in [0.5, 0.6) is 5.75 Å². The lowest BCUT2D eigenvalue weighted by molar-refractivity contribution is 0.415. The summed E-state index contributed by atoms with van der Waals surface area (Å²) in [7, 11) is 4.30. The van der Waals surface area contributed by atoms with Crippen molar-refractivity contribution in [3.63, 3.8) is 0 Å². The smallest absolute Gasteiger partial charge is 0.204 e. The lowest BCUT2D eigenvalue weighted by Gasteiger charge is -2.06. The minimum atomic E-state index is -1.08. The van der Waals surface area contributed by atoms with Crippen LogP contribution in [0.25, 0.3) is 0 Å². The number of methoxy groups -OCH3 is 1. The van der Waals surface area contributed by atoms with E-state index in [9.17, 15) is 4.21 Å². The zero-order chi connectivity index (χ0) is 15.4. The Morgan fingerprint density at radius 3 is 2.71 bits per heavy atom. The topological polar surface area (TPSA) is 55.3 Å². The van der Waals surface area contributed by atoms with Crippen LogP contribution in [0, 0.1) is 0 Å². The number of anilines is 1. The molecule has 0 spiro atoms. The van der Waals surface area contributed by atoms with Crippen molar-refractivity contribution in [3.8, 4) is 5.75 Å². The van der Waals surface area contributed by atoms with Crippen molar-refractivity contribution in [3.05, 3.63) is 34.6 Å². The van der Waals surface area contributed by atoms with Gasteiger partial charge in [0, 0.05) is 42.2 Å². The Bertz CT molecular complexity index is 646. The van der Waals surface area contributed by atoms with Gasteiger partial charge in [-0.25, -0.2) is 4.98 Å². The minimum Gasteiger partial charge on any atom is -0.495 e. The summed E-state index contributed by atoms with van der Waals surface area (Å²) in [5.74, 6) is 1.98. The SMILES string of the molecule is COc1ccc(CS(=O)Cc2nsc(N(C)C)n2)cc1Cl. The number of rotatable bonds is 6. The molecule has 0 bridgehead atoms. The van der Waals surface area contributed by atoms with E-state index in [1.165, 1.54) is 11.5 Å². The van der Waals surface area contributed by atoms with E-state index in [0.717, 1.165) is 10.7 Å². The van der Waals surface area contributed by atoms with Crippen LogP contribution in [-0.4, -0.2) is 34.8 Å². The zero-order valence-electron chi connectivity index (χ0n) is 12.0. The highest BCUT2D eigenvalue weighted by molar-refractivity contribution is 7.83. The molecule has 0 fully saturated rings. The molecule has 0 radical (unpaired) electrons. The van der Waals surface area contributed by atoms with Crippen LogP contribution in [0.4, 0.5) is 5.13 Å². The summed E-state index contributed by atoms with van der Waals surface area (Å²) >= 11 is 7.36. The molecule has 5 nitrogen and oxygen atoms in total. The first-order valence-electron chi connectivity index (χ1n) is 6.17. The van der Waals surface area contributed by atoms with Gasteiger partial charge < -0.3 is 9.64 Å². The van der Waals surface area contributed by atoms with Gasteiger partial charge in [-0.15, -0.1) is 0 Å². The Morgan fingerprint density at radius 1 is 1.38 bits per heavy atom. The van der Waals surface area contributed by atoms with E-state index in [-0.39, 0.29) is 0 Å². The van der Waals surface area contributed by atoms with E-state index in [0.29, 0.717) is 28.1 Å². The lowest BCUT2D eigenvalue weighted by Crippen LogP contribution is -2.08. The van der Waals surface area contributed by atoms with Crippen LogP contribution >= 0.6 is 23.1 Å².